The van der Waals surface area contributed by atoms with Crippen LogP contribution in [0.25, 0.3) is 6.08 Å². The van der Waals surface area contributed by atoms with Crippen LogP contribution in [-0.2, 0) is 9.59 Å². The molecule has 1 aromatic carbocycles. The molecule has 0 saturated heterocycles. The van der Waals surface area contributed by atoms with Crippen molar-refractivity contribution in [3.05, 3.63) is 65.7 Å². The third kappa shape index (κ3) is 6.34. The molecule has 0 bridgehead atoms. The standard InChI is InChI=1S/C19H20N2O5S/c1-27-11-9-15(19(24)25)20-18(23)16(12-14-8-5-10-26-14)21-17(22)13-6-3-2-4-7-13/h2-8,10,12,15H,9,11H2,1H3,(H,20,23)(H,21,22)(H,24,25)/p-1/b16-12-/t15-/m1/s1. The summed E-state index contributed by atoms with van der Waals surface area (Å²) in [6.45, 7) is 0. The first kappa shape index (κ1) is 20.3. The van der Waals surface area contributed by atoms with Gasteiger partial charge in [0, 0.05) is 11.6 Å². The van der Waals surface area contributed by atoms with Gasteiger partial charge < -0.3 is 25.0 Å². The Kier molecular flexibility index (Phi) is 7.69. The lowest BCUT2D eigenvalue weighted by molar-refractivity contribution is -0.308. The Hall–Kier alpha value is -3.00. The molecular weight excluding hydrogens is 368 g/mol. The molecule has 7 nitrogen and oxygen atoms in total. The van der Waals surface area contributed by atoms with Crippen molar-refractivity contribution in [2.24, 2.45) is 0 Å². The van der Waals surface area contributed by atoms with E-state index in [1.54, 1.807) is 42.5 Å². The zero-order valence-corrected chi connectivity index (χ0v) is 15.5. The summed E-state index contributed by atoms with van der Waals surface area (Å²) in [5.41, 5.74) is 0.226. The molecule has 0 aliphatic heterocycles. The molecule has 2 N–H and O–H groups in total. The summed E-state index contributed by atoms with van der Waals surface area (Å²) in [5, 5.41) is 16.1. The van der Waals surface area contributed by atoms with Crippen molar-refractivity contribution in [1.29, 1.82) is 0 Å². The lowest BCUT2D eigenvalue weighted by atomic mass is 10.2. The molecule has 1 atom stereocenters. The molecule has 2 rings (SSSR count). The Bertz CT molecular complexity index is 803. The number of nitrogens with one attached hydrogen (secondary N) is 2. The number of hydrogen-bond acceptors (Lipinski definition) is 6. The van der Waals surface area contributed by atoms with Gasteiger partial charge in [0.05, 0.1) is 18.3 Å². The van der Waals surface area contributed by atoms with E-state index in [0.29, 0.717) is 17.1 Å². The number of carboxylic acid groups (broad SMARTS) is 1. The zero-order valence-electron chi connectivity index (χ0n) is 14.6. The molecule has 142 valence electrons. The zero-order chi connectivity index (χ0) is 19.6. The summed E-state index contributed by atoms with van der Waals surface area (Å²) in [6.07, 6.45) is 4.78. The number of carbonyl (C=O) groups is 3. The van der Waals surface area contributed by atoms with Crippen LogP contribution in [0.5, 0.6) is 0 Å². The molecular formula is C19H19N2O5S-. The topological polar surface area (TPSA) is 111 Å². The maximum absolute atomic E-state index is 12.6. The third-order valence-corrected chi connectivity index (χ3v) is 4.20. The van der Waals surface area contributed by atoms with E-state index in [4.69, 9.17) is 4.42 Å². The Morgan fingerprint density at radius 2 is 1.93 bits per heavy atom. The van der Waals surface area contributed by atoms with Crippen LogP contribution in [0.2, 0.25) is 0 Å². The van der Waals surface area contributed by atoms with Crippen molar-refractivity contribution in [3.8, 4) is 0 Å². The summed E-state index contributed by atoms with van der Waals surface area (Å²) in [7, 11) is 0. The Morgan fingerprint density at radius 3 is 2.52 bits per heavy atom. The fraction of sp³-hybridized carbons (Fsp3) is 0.211. The maximum Gasteiger partial charge on any atom is 0.268 e. The SMILES string of the molecule is CSCC[C@@H](NC(=O)/C(=C/c1ccco1)NC(=O)c1ccccc1)C(=O)[O-]. The van der Waals surface area contributed by atoms with E-state index in [1.807, 2.05) is 6.26 Å². The van der Waals surface area contributed by atoms with Crippen molar-refractivity contribution in [3.63, 3.8) is 0 Å². The van der Waals surface area contributed by atoms with Gasteiger partial charge in [-0.1, -0.05) is 18.2 Å². The summed E-state index contributed by atoms with van der Waals surface area (Å²) >= 11 is 1.45. The minimum Gasteiger partial charge on any atom is -0.548 e. The van der Waals surface area contributed by atoms with Gasteiger partial charge in [0.1, 0.15) is 11.5 Å². The van der Waals surface area contributed by atoms with Gasteiger partial charge in [0.25, 0.3) is 11.8 Å². The van der Waals surface area contributed by atoms with Gasteiger partial charge in [-0.3, -0.25) is 9.59 Å². The molecule has 2 aromatic rings. The number of benzene rings is 1. The van der Waals surface area contributed by atoms with E-state index >= 15 is 0 Å². The number of carbonyl (C=O) groups excluding carboxylic acids is 3. The van der Waals surface area contributed by atoms with Gasteiger partial charge in [-0.2, -0.15) is 11.8 Å². The van der Waals surface area contributed by atoms with Gasteiger partial charge in [0.15, 0.2) is 0 Å². The molecule has 1 heterocycles. The van der Waals surface area contributed by atoms with Crippen LogP contribution >= 0.6 is 11.8 Å². The quantitative estimate of drug-likeness (QED) is 0.622. The van der Waals surface area contributed by atoms with Crippen LogP contribution < -0.4 is 15.7 Å². The maximum atomic E-state index is 12.6. The van der Waals surface area contributed by atoms with Crippen LogP contribution in [-0.4, -0.2) is 35.8 Å². The molecule has 0 radical (unpaired) electrons. The van der Waals surface area contributed by atoms with E-state index in [-0.39, 0.29) is 12.1 Å². The van der Waals surface area contributed by atoms with Crippen LogP contribution in [0, 0.1) is 0 Å². The second-order valence-electron chi connectivity index (χ2n) is 5.52. The van der Waals surface area contributed by atoms with Crippen LogP contribution in [0.15, 0.2) is 58.8 Å². The number of rotatable bonds is 9. The summed E-state index contributed by atoms with van der Waals surface area (Å²) in [4.78, 5) is 36.2. The molecule has 0 aliphatic rings. The van der Waals surface area contributed by atoms with Crippen molar-refractivity contribution in [2.45, 2.75) is 12.5 Å². The first-order chi connectivity index (χ1) is 13.0. The molecule has 0 spiro atoms. The first-order valence-corrected chi connectivity index (χ1v) is 9.53. The van der Waals surface area contributed by atoms with Crippen molar-refractivity contribution >= 4 is 35.6 Å². The predicted molar refractivity (Wildman–Crippen MR) is 101 cm³/mol. The predicted octanol–water partition coefficient (Wildman–Crippen LogP) is 1.04. The number of thioether (sulfide) groups is 1. The van der Waals surface area contributed by atoms with Crippen LogP contribution in [0.1, 0.15) is 22.5 Å². The molecule has 1 aromatic heterocycles. The fourth-order valence-electron chi connectivity index (χ4n) is 2.18. The van der Waals surface area contributed by atoms with E-state index in [0.717, 1.165) is 0 Å². The van der Waals surface area contributed by atoms with Crippen molar-refractivity contribution in [2.75, 3.05) is 12.0 Å². The lowest BCUT2D eigenvalue weighted by Crippen LogP contribution is -2.50. The van der Waals surface area contributed by atoms with Gasteiger partial charge in [-0.25, -0.2) is 0 Å². The molecule has 0 saturated carbocycles. The molecule has 8 heteroatoms. The number of aliphatic carboxylic acids is 1. The van der Waals surface area contributed by atoms with E-state index < -0.39 is 23.8 Å². The normalized spacial score (nSPS) is 12.3. The molecule has 0 fully saturated rings. The lowest BCUT2D eigenvalue weighted by Gasteiger charge is -2.20. The number of furan rings is 1. The summed E-state index contributed by atoms with van der Waals surface area (Å²) < 4.78 is 5.18. The first-order valence-electron chi connectivity index (χ1n) is 8.13. The number of carboxylic acids is 1. The second kappa shape index (κ2) is 10.2. The van der Waals surface area contributed by atoms with Gasteiger partial charge >= 0.3 is 0 Å². The minimum atomic E-state index is -1.39. The van der Waals surface area contributed by atoms with Crippen LogP contribution in [0.3, 0.4) is 0 Å². The third-order valence-electron chi connectivity index (χ3n) is 3.56. The highest BCUT2D eigenvalue weighted by Gasteiger charge is 2.19. The largest absolute Gasteiger partial charge is 0.548 e. The van der Waals surface area contributed by atoms with E-state index in [9.17, 15) is 19.5 Å². The summed E-state index contributed by atoms with van der Waals surface area (Å²) in [6, 6.07) is 10.4. The minimum absolute atomic E-state index is 0.130. The summed E-state index contributed by atoms with van der Waals surface area (Å²) in [5.74, 6) is -1.76. The average Bonchev–Trinajstić information content (AvgIpc) is 3.18. The average molecular weight is 387 g/mol. The molecule has 27 heavy (non-hydrogen) atoms. The van der Waals surface area contributed by atoms with Gasteiger partial charge in [-0.05, 0) is 42.7 Å². The second-order valence-corrected chi connectivity index (χ2v) is 6.51. The number of hydrogen-bond donors (Lipinski definition) is 2. The highest BCUT2D eigenvalue weighted by atomic mass is 32.2. The molecule has 2 amide bonds. The van der Waals surface area contributed by atoms with E-state index in [2.05, 4.69) is 10.6 Å². The highest BCUT2D eigenvalue weighted by molar-refractivity contribution is 7.98. The highest BCUT2D eigenvalue weighted by Crippen LogP contribution is 2.09. The smallest absolute Gasteiger partial charge is 0.268 e. The Balaban J connectivity index is 2.20. The Labute approximate surface area is 160 Å². The van der Waals surface area contributed by atoms with Gasteiger partial charge in [0.2, 0.25) is 0 Å². The molecule has 0 aliphatic carbocycles. The van der Waals surface area contributed by atoms with Crippen molar-refractivity contribution in [1.82, 2.24) is 10.6 Å². The van der Waals surface area contributed by atoms with Crippen molar-refractivity contribution < 1.29 is 23.9 Å². The number of amides is 2. The van der Waals surface area contributed by atoms with Crippen LogP contribution in [0.4, 0.5) is 0 Å². The fourth-order valence-corrected chi connectivity index (χ4v) is 2.65. The Morgan fingerprint density at radius 1 is 1.19 bits per heavy atom. The monoisotopic (exact) mass is 387 g/mol. The molecule has 0 unspecified atom stereocenters. The van der Waals surface area contributed by atoms with Gasteiger partial charge in [-0.15, -0.1) is 0 Å². The van der Waals surface area contributed by atoms with E-state index in [1.165, 1.54) is 24.1 Å².